The molecule has 1 aliphatic rings. The molecule has 0 bridgehead atoms. The minimum absolute atomic E-state index is 0.117. The van der Waals surface area contributed by atoms with Crippen LogP contribution in [-0.4, -0.2) is 31.3 Å². The van der Waals surface area contributed by atoms with Gasteiger partial charge >= 0.3 is 5.97 Å². The van der Waals surface area contributed by atoms with Crippen LogP contribution in [0, 0.1) is 12.8 Å². The van der Waals surface area contributed by atoms with Gasteiger partial charge in [-0.05, 0) is 38.2 Å². The number of carbonyl (C=O) groups excluding carboxylic acids is 1. The van der Waals surface area contributed by atoms with E-state index in [-0.39, 0.29) is 18.7 Å². The molecule has 0 saturated carbocycles. The summed E-state index contributed by atoms with van der Waals surface area (Å²) in [5, 5.41) is 0. The Labute approximate surface area is 156 Å². The monoisotopic (exact) mass is 355 g/mol. The highest BCUT2D eigenvalue weighted by atomic mass is 16.5. The van der Waals surface area contributed by atoms with Crippen molar-refractivity contribution in [1.82, 2.24) is 0 Å². The topological polar surface area (TPSA) is 61.5 Å². The summed E-state index contributed by atoms with van der Waals surface area (Å²) in [5.41, 5.74) is 8.28. The highest BCUT2D eigenvalue weighted by molar-refractivity contribution is 5.75. The van der Waals surface area contributed by atoms with Crippen molar-refractivity contribution in [2.75, 3.05) is 13.2 Å². The number of carbonyl (C=O) groups is 1. The van der Waals surface area contributed by atoms with E-state index in [1.165, 1.54) is 11.1 Å². The number of hydrogen-bond donors (Lipinski definition) is 1. The Morgan fingerprint density at radius 1 is 1.00 bits per heavy atom. The van der Waals surface area contributed by atoms with Crippen molar-refractivity contribution in [2.24, 2.45) is 11.7 Å². The number of benzene rings is 2. The fourth-order valence-electron chi connectivity index (χ4n) is 2.93. The summed E-state index contributed by atoms with van der Waals surface area (Å²) in [5.74, 6) is -0.0247. The van der Waals surface area contributed by atoms with E-state index < -0.39 is 6.04 Å². The van der Waals surface area contributed by atoms with Crippen LogP contribution in [0.4, 0.5) is 0 Å². The minimum atomic E-state index is -0.669. The van der Waals surface area contributed by atoms with E-state index in [9.17, 15) is 4.79 Å². The van der Waals surface area contributed by atoms with Gasteiger partial charge in [0.2, 0.25) is 0 Å². The zero-order chi connectivity index (χ0) is 18.8. The molecule has 3 rings (SSSR count). The van der Waals surface area contributed by atoms with Gasteiger partial charge in [-0.15, -0.1) is 0 Å². The van der Waals surface area contributed by atoms with Crippen LogP contribution in [0.2, 0.25) is 0 Å². The molecule has 2 aromatic rings. The van der Waals surface area contributed by atoms with Crippen molar-refractivity contribution in [3.8, 4) is 0 Å². The van der Waals surface area contributed by atoms with Gasteiger partial charge in [0.05, 0.1) is 12.7 Å². The van der Waals surface area contributed by atoms with Crippen molar-refractivity contribution in [3.05, 3.63) is 71.8 Å². The Bertz CT molecular complexity index is 645. The van der Waals surface area contributed by atoms with Crippen LogP contribution in [-0.2, 0) is 20.7 Å². The maximum absolute atomic E-state index is 11.6. The van der Waals surface area contributed by atoms with Crippen LogP contribution in [0.5, 0.6) is 0 Å². The van der Waals surface area contributed by atoms with Crippen molar-refractivity contribution < 1.29 is 14.3 Å². The van der Waals surface area contributed by atoms with Crippen LogP contribution in [0.3, 0.4) is 0 Å². The fourth-order valence-corrected chi connectivity index (χ4v) is 2.93. The second-order valence-corrected chi connectivity index (χ2v) is 6.84. The molecule has 2 unspecified atom stereocenters. The molecule has 1 saturated heterocycles. The zero-order valence-corrected chi connectivity index (χ0v) is 15.6. The molecule has 2 N–H and O–H groups in total. The summed E-state index contributed by atoms with van der Waals surface area (Å²) >= 11 is 0. The predicted molar refractivity (Wildman–Crippen MR) is 104 cm³/mol. The average molecular weight is 355 g/mol. The molecule has 140 valence electrons. The number of rotatable bonds is 2. The lowest BCUT2D eigenvalue weighted by molar-refractivity contribution is -0.150. The van der Waals surface area contributed by atoms with Crippen LogP contribution in [0.1, 0.15) is 24.5 Å². The third-order valence-electron chi connectivity index (χ3n) is 4.24. The van der Waals surface area contributed by atoms with Crippen molar-refractivity contribution >= 4 is 5.97 Å². The normalized spacial score (nSPS) is 23.5. The second kappa shape index (κ2) is 10.7. The van der Waals surface area contributed by atoms with Crippen molar-refractivity contribution in [1.29, 1.82) is 0 Å². The first-order valence-electron chi connectivity index (χ1n) is 9.14. The maximum Gasteiger partial charge on any atom is 0.325 e. The SMILES string of the molecule is CC1CC(Cc2ccccc2)COC[C@H](N)C(=O)O1.Cc1ccccc1. The Hall–Kier alpha value is -2.17. The molecule has 26 heavy (non-hydrogen) atoms. The van der Waals surface area contributed by atoms with Gasteiger partial charge in [-0.25, -0.2) is 0 Å². The van der Waals surface area contributed by atoms with Gasteiger partial charge in [-0.3, -0.25) is 4.79 Å². The molecule has 4 heteroatoms. The van der Waals surface area contributed by atoms with E-state index in [1.807, 2.05) is 43.3 Å². The third kappa shape index (κ3) is 7.38. The average Bonchev–Trinajstić information content (AvgIpc) is 2.68. The standard InChI is InChI=1S/C15H21NO3.C7H8/c1-11-7-13(8-12-5-3-2-4-6-12)9-18-10-14(16)15(17)19-11;1-7-5-3-2-4-6-7/h2-6,11,13-14H,7-10,16H2,1H3;2-6H,1H3/t11?,13?,14-;/m0./s1. The van der Waals surface area contributed by atoms with Gasteiger partial charge in [-0.1, -0.05) is 66.2 Å². The smallest absolute Gasteiger partial charge is 0.325 e. The number of aryl methyl sites for hydroxylation is 1. The van der Waals surface area contributed by atoms with Crippen LogP contribution < -0.4 is 5.73 Å². The number of esters is 1. The Balaban J connectivity index is 0.000000290. The molecule has 0 amide bonds. The summed E-state index contributed by atoms with van der Waals surface area (Å²) in [4.78, 5) is 11.6. The molecule has 0 radical (unpaired) electrons. The van der Waals surface area contributed by atoms with Crippen molar-refractivity contribution in [2.45, 2.75) is 38.8 Å². The summed E-state index contributed by atoms with van der Waals surface area (Å²) < 4.78 is 10.9. The molecule has 0 aliphatic carbocycles. The molecular weight excluding hydrogens is 326 g/mol. The highest BCUT2D eigenvalue weighted by Gasteiger charge is 2.24. The number of ether oxygens (including phenoxy) is 2. The maximum atomic E-state index is 11.6. The molecule has 1 aliphatic heterocycles. The molecule has 2 aromatic carbocycles. The zero-order valence-electron chi connectivity index (χ0n) is 15.6. The molecular formula is C22H29NO3. The molecule has 0 spiro atoms. The number of cyclic esters (lactones) is 1. The first kappa shape index (κ1) is 20.1. The van der Waals surface area contributed by atoms with Gasteiger partial charge in [0, 0.05) is 6.61 Å². The second-order valence-electron chi connectivity index (χ2n) is 6.84. The summed E-state index contributed by atoms with van der Waals surface area (Å²) in [6, 6.07) is 19.9. The van der Waals surface area contributed by atoms with Gasteiger partial charge in [-0.2, -0.15) is 0 Å². The number of hydrogen-bond acceptors (Lipinski definition) is 4. The minimum Gasteiger partial charge on any atom is -0.461 e. The summed E-state index contributed by atoms with van der Waals surface area (Å²) in [6.45, 7) is 4.84. The fraction of sp³-hybridized carbons (Fsp3) is 0.409. The first-order chi connectivity index (χ1) is 12.5. The Morgan fingerprint density at radius 2 is 1.62 bits per heavy atom. The highest BCUT2D eigenvalue weighted by Crippen LogP contribution is 2.18. The molecule has 1 heterocycles. The summed E-state index contributed by atoms with van der Waals surface area (Å²) in [6.07, 6.45) is 1.61. The van der Waals surface area contributed by atoms with Crippen LogP contribution >= 0.6 is 0 Å². The summed E-state index contributed by atoms with van der Waals surface area (Å²) in [7, 11) is 0. The number of nitrogens with two attached hydrogens (primary N) is 1. The van der Waals surface area contributed by atoms with Gasteiger partial charge < -0.3 is 15.2 Å². The Morgan fingerprint density at radius 3 is 2.19 bits per heavy atom. The van der Waals surface area contributed by atoms with Gasteiger partial charge in [0.25, 0.3) is 0 Å². The van der Waals surface area contributed by atoms with Gasteiger partial charge in [0.15, 0.2) is 0 Å². The van der Waals surface area contributed by atoms with E-state index in [4.69, 9.17) is 15.2 Å². The van der Waals surface area contributed by atoms with E-state index in [2.05, 4.69) is 31.2 Å². The van der Waals surface area contributed by atoms with Crippen LogP contribution in [0.15, 0.2) is 60.7 Å². The van der Waals surface area contributed by atoms with Crippen LogP contribution in [0.25, 0.3) is 0 Å². The van der Waals surface area contributed by atoms with E-state index in [0.29, 0.717) is 12.5 Å². The van der Waals surface area contributed by atoms with Gasteiger partial charge in [0.1, 0.15) is 6.04 Å². The van der Waals surface area contributed by atoms with E-state index in [0.717, 1.165) is 12.8 Å². The lowest BCUT2D eigenvalue weighted by Gasteiger charge is -2.19. The predicted octanol–water partition coefficient (Wildman–Crippen LogP) is 3.52. The van der Waals surface area contributed by atoms with Crippen molar-refractivity contribution in [3.63, 3.8) is 0 Å². The molecule has 1 fully saturated rings. The largest absolute Gasteiger partial charge is 0.461 e. The quantitative estimate of drug-likeness (QED) is 0.837. The molecule has 3 atom stereocenters. The van der Waals surface area contributed by atoms with E-state index >= 15 is 0 Å². The lowest BCUT2D eigenvalue weighted by atomic mass is 9.95. The van der Waals surface area contributed by atoms with E-state index in [1.54, 1.807) is 0 Å². The Kier molecular flexibility index (Phi) is 8.32. The third-order valence-corrected chi connectivity index (χ3v) is 4.24. The first-order valence-corrected chi connectivity index (χ1v) is 9.14. The lowest BCUT2D eigenvalue weighted by Crippen LogP contribution is -2.37. The molecule has 4 nitrogen and oxygen atoms in total. The molecule has 0 aromatic heterocycles.